The van der Waals surface area contributed by atoms with Crippen molar-refractivity contribution in [2.75, 3.05) is 13.7 Å². The van der Waals surface area contributed by atoms with Gasteiger partial charge in [0.05, 0.1) is 20.1 Å². The topological polar surface area (TPSA) is 47.6 Å². The van der Waals surface area contributed by atoms with Crippen LogP contribution in [0.25, 0.3) is 0 Å². The lowest BCUT2D eigenvalue weighted by atomic mass is 9.84. The number of hydrogen-bond donors (Lipinski definition) is 1. The van der Waals surface area contributed by atoms with Gasteiger partial charge >= 0.3 is 5.97 Å². The Morgan fingerprint density at radius 1 is 1.24 bits per heavy atom. The second kappa shape index (κ2) is 8.03. The molecule has 0 spiro atoms. The maximum atomic E-state index is 11.7. The Kier molecular flexibility index (Phi) is 6.69. The molecule has 1 aromatic carbocycles. The largest absolute Gasteiger partial charge is 0.497 e. The van der Waals surface area contributed by atoms with E-state index in [-0.39, 0.29) is 17.4 Å². The molecule has 4 nitrogen and oxygen atoms in total. The summed E-state index contributed by atoms with van der Waals surface area (Å²) in [4.78, 5) is 11.7. The number of benzene rings is 1. The molecular weight excluding hydrogens is 266 g/mol. The minimum Gasteiger partial charge on any atom is -0.497 e. The van der Waals surface area contributed by atoms with Crippen LogP contribution in [-0.2, 0) is 16.1 Å². The van der Waals surface area contributed by atoms with E-state index >= 15 is 0 Å². The van der Waals surface area contributed by atoms with Crippen molar-refractivity contribution in [2.45, 2.75) is 46.7 Å². The summed E-state index contributed by atoms with van der Waals surface area (Å²) in [5, 5.41) is 3.46. The average molecular weight is 293 g/mol. The number of rotatable bonds is 7. The summed E-state index contributed by atoms with van der Waals surface area (Å²) in [5.74, 6) is 0.692. The van der Waals surface area contributed by atoms with Crippen LogP contribution in [0.1, 0.15) is 39.7 Å². The summed E-state index contributed by atoms with van der Waals surface area (Å²) < 4.78 is 10.2. The lowest BCUT2D eigenvalue weighted by molar-refractivity contribution is -0.144. The Bertz CT molecular complexity index is 434. The molecule has 21 heavy (non-hydrogen) atoms. The molecule has 1 rings (SSSR count). The predicted octanol–water partition coefficient (Wildman–Crippen LogP) is 3.15. The molecule has 1 N–H and O–H groups in total. The van der Waals surface area contributed by atoms with E-state index in [1.165, 1.54) is 0 Å². The zero-order valence-corrected chi connectivity index (χ0v) is 13.7. The second-order valence-corrected chi connectivity index (χ2v) is 6.16. The molecule has 4 heteroatoms. The highest BCUT2D eigenvalue weighted by molar-refractivity contribution is 5.70. The number of ether oxygens (including phenoxy) is 2. The second-order valence-electron chi connectivity index (χ2n) is 6.16. The van der Waals surface area contributed by atoms with E-state index in [9.17, 15) is 4.79 Å². The number of methoxy groups -OCH3 is 1. The van der Waals surface area contributed by atoms with E-state index in [4.69, 9.17) is 9.47 Å². The van der Waals surface area contributed by atoms with Gasteiger partial charge in [0.25, 0.3) is 0 Å². The number of hydrogen-bond acceptors (Lipinski definition) is 4. The smallest absolute Gasteiger partial charge is 0.307 e. The highest BCUT2D eigenvalue weighted by atomic mass is 16.5. The summed E-state index contributed by atoms with van der Waals surface area (Å²) in [6, 6.07) is 7.99. The van der Waals surface area contributed by atoms with Gasteiger partial charge in [0.15, 0.2) is 0 Å². The van der Waals surface area contributed by atoms with Crippen LogP contribution < -0.4 is 10.1 Å². The third-order valence-electron chi connectivity index (χ3n) is 3.43. The highest BCUT2D eigenvalue weighted by Gasteiger charge is 2.27. The molecule has 0 aliphatic carbocycles. The van der Waals surface area contributed by atoms with Crippen molar-refractivity contribution < 1.29 is 14.3 Å². The Hall–Kier alpha value is -1.55. The van der Waals surface area contributed by atoms with Gasteiger partial charge in [-0.05, 0) is 30.0 Å². The normalized spacial score (nSPS) is 12.8. The summed E-state index contributed by atoms with van der Waals surface area (Å²) in [5.41, 5.74) is 1.15. The summed E-state index contributed by atoms with van der Waals surface area (Å²) in [6.45, 7) is 9.34. The molecule has 1 atom stereocenters. The first-order valence-electron chi connectivity index (χ1n) is 7.38. The van der Waals surface area contributed by atoms with Gasteiger partial charge in [0, 0.05) is 12.6 Å². The Morgan fingerprint density at radius 3 is 2.33 bits per heavy atom. The lowest BCUT2D eigenvalue weighted by Gasteiger charge is -2.31. The zero-order chi connectivity index (χ0) is 15.9. The van der Waals surface area contributed by atoms with Crippen molar-refractivity contribution in [3.05, 3.63) is 29.8 Å². The van der Waals surface area contributed by atoms with Gasteiger partial charge in [-0.15, -0.1) is 0 Å². The Balaban J connectivity index is 2.62. The summed E-state index contributed by atoms with van der Waals surface area (Å²) in [7, 11) is 1.65. The van der Waals surface area contributed by atoms with Crippen molar-refractivity contribution in [3.8, 4) is 5.75 Å². The van der Waals surface area contributed by atoms with Gasteiger partial charge in [0.1, 0.15) is 5.75 Å². The SMILES string of the molecule is CCOC(=O)CC(NCc1ccc(OC)cc1)C(C)(C)C. The number of carbonyl (C=O) groups excluding carboxylic acids is 1. The van der Waals surface area contributed by atoms with E-state index in [1.807, 2.05) is 31.2 Å². The Labute approximate surface area is 127 Å². The molecule has 0 radical (unpaired) electrons. The van der Waals surface area contributed by atoms with Crippen LogP contribution in [0.3, 0.4) is 0 Å². The van der Waals surface area contributed by atoms with Gasteiger partial charge in [0.2, 0.25) is 0 Å². The van der Waals surface area contributed by atoms with Crippen molar-refractivity contribution in [2.24, 2.45) is 5.41 Å². The maximum absolute atomic E-state index is 11.7. The molecule has 0 saturated carbocycles. The van der Waals surface area contributed by atoms with Crippen molar-refractivity contribution in [1.82, 2.24) is 5.32 Å². The molecule has 118 valence electrons. The number of esters is 1. The van der Waals surface area contributed by atoms with Gasteiger partial charge in [-0.1, -0.05) is 32.9 Å². The fourth-order valence-corrected chi connectivity index (χ4v) is 2.06. The molecule has 0 aliphatic rings. The molecule has 0 amide bonds. The van der Waals surface area contributed by atoms with E-state index in [0.29, 0.717) is 19.6 Å². The fraction of sp³-hybridized carbons (Fsp3) is 0.588. The monoisotopic (exact) mass is 293 g/mol. The fourth-order valence-electron chi connectivity index (χ4n) is 2.06. The third kappa shape index (κ3) is 6.17. The first-order chi connectivity index (χ1) is 9.86. The van der Waals surface area contributed by atoms with Crippen LogP contribution in [0.4, 0.5) is 0 Å². The van der Waals surface area contributed by atoms with Crippen LogP contribution in [-0.4, -0.2) is 25.7 Å². The van der Waals surface area contributed by atoms with Crippen LogP contribution in [0.15, 0.2) is 24.3 Å². The standard InChI is InChI=1S/C17H27NO3/c1-6-21-16(19)11-15(17(2,3)4)18-12-13-7-9-14(20-5)10-8-13/h7-10,15,18H,6,11-12H2,1-5H3. The van der Waals surface area contributed by atoms with Gasteiger partial charge in [-0.25, -0.2) is 0 Å². The molecule has 0 aliphatic heterocycles. The van der Waals surface area contributed by atoms with Gasteiger partial charge < -0.3 is 14.8 Å². The van der Waals surface area contributed by atoms with E-state index in [2.05, 4.69) is 26.1 Å². The number of nitrogens with one attached hydrogen (secondary N) is 1. The minimum atomic E-state index is -0.153. The summed E-state index contributed by atoms with van der Waals surface area (Å²) >= 11 is 0. The van der Waals surface area contributed by atoms with Crippen LogP contribution in [0, 0.1) is 5.41 Å². The molecule has 0 heterocycles. The maximum Gasteiger partial charge on any atom is 0.307 e. The number of carbonyl (C=O) groups is 1. The molecule has 1 aromatic rings. The first-order valence-corrected chi connectivity index (χ1v) is 7.38. The predicted molar refractivity (Wildman–Crippen MR) is 84.3 cm³/mol. The van der Waals surface area contributed by atoms with Gasteiger partial charge in [-0.3, -0.25) is 4.79 Å². The lowest BCUT2D eigenvalue weighted by Crippen LogP contribution is -2.41. The Morgan fingerprint density at radius 2 is 1.86 bits per heavy atom. The molecule has 0 fully saturated rings. The minimum absolute atomic E-state index is 0.0147. The molecule has 1 unspecified atom stereocenters. The third-order valence-corrected chi connectivity index (χ3v) is 3.43. The van der Waals surface area contributed by atoms with Crippen molar-refractivity contribution >= 4 is 5.97 Å². The summed E-state index contributed by atoms with van der Waals surface area (Å²) in [6.07, 6.45) is 0.382. The molecule has 0 aromatic heterocycles. The average Bonchev–Trinajstić information content (AvgIpc) is 2.43. The van der Waals surface area contributed by atoms with E-state index in [0.717, 1.165) is 11.3 Å². The van der Waals surface area contributed by atoms with E-state index in [1.54, 1.807) is 7.11 Å². The van der Waals surface area contributed by atoms with E-state index < -0.39 is 0 Å². The molecule has 0 saturated heterocycles. The van der Waals surface area contributed by atoms with Crippen LogP contribution in [0.5, 0.6) is 5.75 Å². The molecular formula is C17H27NO3. The van der Waals surface area contributed by atoms with Crippen LogP contribution in [0.2, 0.25) is 0 Å². The van der Waals surface area contributed by atoms with Gasteiger partial charge in [-0.2, -0.15) is 0 Å². The van der Waals surface area contributed by atoms with Crippen LogP contribution >= 0.6 is 0 Å². The van der Waals surface area contributed by atoms with Crippen molar-refractivity contribution in [3.63, 3.8) is 0 Å². The highest BCUT2D eigenvalue weighted by Crippen LogP contribution is 2.23. The van der Waals surface area contributed by atoms with Crippen molar-refractivity contribution in [1.29, 1.82) is 0 Å². The zero-order valence-electron chi connectivity index (χ0n) is 13.7. The first kappa shape index (κ1) is 17.5. The molecule has 0 bridgehead atoms. The quantitative estimate of drug-likeness (QED) is 0.785.